The van der Waals surface area contributed by atoms with Gasteiger partial charge in [0.1, 0.15) is 0 Å². The van der Waals surface area contributed by atoms with E-state index in [9.17, 15) is 4.79 Å². The van der Waals surface area contributed by atoms with Gasteiger partial charge in [0.25, 0.3) is 0 Å². The van der Waals surface area contributed by atoms with Crippen LogP contribution in [0, 0.1) is 13.8 Å². The number of amides is 1. The number of anilines is 2. The molecule has 0 bridgehead atoms. The van der Waals surface area contributed by atoms with Crippen LogP contribution in [0.1, 0.15) is 11.4 Å². The fourth-order valence-corrected chi connectivity index (χ4v) is 3.03. The van der Waals surface area contributed by atoms with Crippen molar-refractivity contribution >= 4 is 29.0 Å². The normalized spacial score (nSPS) is 14.4. The Balaban J connectivity index is 1.51. The van der Waals surface area contributed by atoms with E-state index in [1.165, 1.54) is 11.8 Å². The molecule has 1 N–H and O–H groups in total. The Morgan fingerprint density at radius 3 is 2.56 bits per heavy atom. The molecular weight excluding hydrogens is 338 g/mol. The molecule has 0 radical (unpaired) electrons. The number of hydrogen-bond donors (Lipinski definition) is 1. The van der Waals surface area contributed by atoms with E-state index >= 15 is 0 Å². The fraction of sp³-hybridized carbons (Fsp3) is 0.412. The highest BCUT2D eigenvalue weighted by Gasteiger charge is 2.11. The van der Waals surface area contributed by atoms with Crippen molar-refractivity contribution in [2.24, 2.45) is 0 Å². The maximum atomic E-state index is 12.1. The number of morpholine rings is 1. The van der Waals surface area contributed by atoms with E-state index < -0.39 is 0 Å². The second kappa shape index (κ2) is 8.26. The van der Waals surface area contributed by atoms with E-state index in [2.05, 4.69) is 25.4 Å². The molecule has 0 saturated carbocycles. The maximum absolute atomic E-state index is 12.1. The number of aromatic nitrogens is 3. The van der Waals surface area contributed by atoms with Crippen molar-refractivity contribution in [2.45, 2.75) is 19.0 Å². The molecule has 0 unspecified atom stereocenters. The fourth-order valence-electron chi connectivity index (χ4n) is 2.40. The predicted molar refractivity (Wildman–Crippen MR) is 98.1 cm³/mol. The lowest BCUT2D eigenvalue weighted by Crippen LogP contribution is -2.36. The van der Waals surface area contributed by atoms with Gasteiger partial charge < -0.3 is 15.0 Å². The summed E-state index contributed by atoms with van der Waals surface area (Å²) in [6.45, 7) is 7.04. The topological polar surface area (TPSA) is 80.2 Å². The smallest absolute Gasteiger partial charge is 0.234 e. The van der Waals surface area contributed by atoms with Gasteiger partial charge in [0.15, 0.2) is 0 Å². The molecule has 0 aliphatic carbocycles. The van der Waals surface area contributed by atoms with E-state index in [0.717, 1.165) is 49.1 Å². The summed E-state index contributed by atoms with van der Waals surface area (Å²) in [5, 5.41) is 11.4. The maximum Gasteiger partial charge on any atom is 0.234 e. The number of nitrogens with zero attached hydrogens (tertiary/aromatic N) is 4. The molecule has 1 aromatic carbocycles. The summed E-state index contributed by atoms with van der Waals surface area (Å²) in [6, 6.07) is 7.87. The monoisotopic (exact) mass is 359 g/mol. The first-order valence-corrected chi connectivity index (χ1v) is 9.14. The third kappa shape index (κ3) is 4.90. The lowest BCUT2D eigenvalue weighted by molar-refractivity contribution is -0.113. The minimum atomic E-state index is -0.0917. The molecule has 25 heavy (non-hydrogen) atoms. The van der Waals surface area contributed by atoms with Gasteiger partial charge in [-0.05, 0) is 38.1 Å². The Morgan fingerprint density at radius 1 is 1.16 bits per heavy atom. The van der Waals surface area contributed by atoms with Crippen LogP contribution in [0.25, 0.3) is 0 Å². The van der Waals surface area contributed by atoms with Crippen LogP contribution in [0.15, 0.2) is 29.4 Å². The summed E-state index contributed by atoms with van der Waals surface area (Å²) in [5.41, 5.74) is 3.55. The number of nitrogens with one attached hydrogen (secondary N) is 1. The summed E-state index contributed by atoms with van der Waals surface area (Å²) >= 11 is 1.28. The van der Waals surface area contributed by atoms with Gasteiger partial charge in [-0.15, -0.1) is 5.10 Å². The largest absolute Gasteiger partial charge is 0.378 e. The van der Waals surface area contributed by atoms with Crippen LogP contribution in [0.3, 0.4) is 0 Å². The number of rotatable bonds is 5. The quantitative estimate of drug-likeness (QED) is 0.819. The average molecular weight is 359 g/mol. The Kier molecular flexibility index (Phi) is 5.83. The highest BCUT2D eigenvalue weighted by molar-refractivity contribution is 7.99. The molecule has 1 aromatic heterocycles. The van der Waals surface area contributed by atoms with E-state index in [-0.39, 0.29) is 11.7 Å². The molecule has 132 valence electrons. The molecule has 7 nitrogen and oxygen atoms in total. The number of aryl methyl sites for hydroxylation is 2. The van der Waals surface area contributed by atoms with Crippen molar-refractivity contribution in [3.63, 3.8) is 0 Å². The van der Waals surface area contributed by atoms with Gasteiger partial charge in [0, 0.05) is 24.5 Å². The first-order chi connectivity index (χ1) is 12.1. The van der Waals surface area contributed by atoms with Crippen molar-refractivity contribution < 1.29 is 9.53 Å². The standard InChI is InChI=1S/C17H21N5O2S/c1-12-13(2)20-21-17(18-12)25-11-16(23)19-14-3-5-15(6-4-14)22-7-9-24-10-8-22/h3-6H,7-11H2,1-2H3,(H,19,23). The highest BCUT2D eigenvalue weighted by Crippen LogP contribution is 2.19. The van der Waals surface area contributed by atoms with E-state index in [0.29, 0.717) is 5.16 Å². The van der Waals surface area contributed by atoms with Crippen LogP contribution in [0.2, 0.25) is 0 Å². The lowest BCUT2D eigenvalue weighted by Gasteiger charge is -2.28. The molecule has 1 aliphatic rings. The minimum Gasteiger partial charge on any atom is -0.378 e. The van der Waals surface area contributed by atoms with Gasteiger partial charge >= 0.3 is 0 Å². The van der Waals surface area contributed by atoms with Crippen LogP contribution in [0.5, 0.6) is 0 Å². The van der Waals surface area contributed by atoms with Crippen LogP contribution >= 0.6 is 11.8 Å². The third-order valence-corrected chi connectivity index (χ3v) is 4.77. The molecule has 1 fully saturated rings. The van der Waals surface area contributed by atoms with Crippen LogP contribution in [-0.2, 0) is 9.53 Å². The van der Waals surface area contributed by atoms with Crippen molar-refractivity contribution in [3.05, 3.63) is 35.7 Å². The number of carbonyl (C=O) groups is 1. The van der Waals surface area contributed by atoms with Gasteiger partial charge in [0.05, 0.1) is 30.4 Å². The van der Waals surface area contributed by atoms with E-state index in [1.54, 1.807) is 0 Å². The summed E-state index contributed by atoms with van der Waals surface area (Å²) in [5.74, 6) is 0.154. The summed E-state index contributed by atoms with van der Waals surface area (Å²) in [7, 11) is 0. The third-order valence-electron chi connectivity index (χ3n) is 3.93. The highest BCUT2D eigenvalue weighted by atomic mass is 32.2. The molecule has 0 atom stereocenters. The molecule has 2 heterocycles. The molecular formula is C17H21N5O2S. The lowest BCUT2D eigenvalue weighted by atomic mass is 10.2. The molecule has 8 heteroatoms. The van der Waals surface area contributed by atoms with Gasteiger partial charge in [-0.2, -0.15) is 5.10 Å². The Bertz CT molecular complexity index is 732. The molecule has 1 saturated heterocycles. The number of ether oxygens (including phenoxy) is 1. The molecule has 1 amide bonds. The van der Waals surface area contributed by atoms with Gasteiger partial charge in [-0.25, -0.2) is 4.98 Å². The predicted octanol–water partition coefficient (Wildman–Crippen LogP) is 2.06. The zero-order chi connectivity index (χ0) is 17.6. The van der Waals surface area contributed by atoms with Crippen molar-refractivity contribution in [1.82, 2.24) is 15.2 Å². The Hall–Kier alpha value is -2.19. The summed E-state index contributed by atoms with van der Waals surface area (Å²) < 4.78 is 5.36. The zero-order valence-corrected chi connectivity index (χ0v) is 15.2. The Labute approximate surface area is 151 Å². The molecule has 0 spiro atoms. The number of benzene rings is 1. The minimum absolute atomic E-state index is 0.0917. The average Bonchev–Trinajstić information content (AvgIpc) is 2.64. The second-order valence-corrected chi connectivity index (χ2v) is 6.69. The van der Waals surface area contributed by atoms with Crippen molar-refractivity contribution in [3.8, 4) is 0 Å². The van der Waals surface area contributed by atoms with Crippen LogP contribution < -0.4 is 10.2 Å². The second-order valence-electron chi connectivity index (χ2n) is 5.75. The van der Waals surface area contributed by atoms with Crippen molar-refractivity contribution in [2.75, 3.05) is 42.3 Å². The van der Waals surface area contributed by atoms with Crippen LogP contribution in [0.4, 0.5) is 11.4 Å². The van der Waals surface area contributed by atoms with Crippen LogP contribution in [-0.4, -0.2) is 53.1 Å². The van der Waals surface area contributed by atoms with Crippen molar-refractivity contribution in [1.29, 1.82) is 0 Å². The summed E-state index contributed by atoms with van der Waals surface area (Å²) in [4.78, 5) is 18.7. The van der Waals surface area contributed by atoms with Gasteiger partial charge in [0.2, 0.25) is 11.1 Å². The first-order valence-electron chi connectivity index (χ1n) is 8.15. The number of thioether (sulfide) groups is 1. The van der Waals surface area contributed by atoms with Gasteiger partial charge in [-0.3, -0.25) is 4.79 Å². The first kappa shape index (κ1) is 17.6. The van der Waals surface area contributed by atoms with E-state index in [1.807, 2.05) is 38.1 Å². The SMILES string of the molecule is Cc1nnc(SCC(=O)Nc2ccc(N3CCOCC3)cc2)nc1C. The zero-order valence-electron chi connectivity index (χ0n) is 14.4. The van der Waals surface area contributed by atoms with Gasteiger partial charge in [-0.1, -0.05) is 11.8 Å². The number of hydrogen-bond acceptors (Lipinski definition) is 7. The molecule has 2 aromatic rings. The Morgan fingerprint density at radius 2 is 1.88 bits per heavy atom. The molecule has 3 rings (SSSR count). The van der Waals surface area contributed by atoms with E-state index in [4.69, 9.17) is 4.74 Å². The molecule has 1 aliphatic heterocycles. The number of carbonyl (C=O) groups excluding carboxylic acids is 1. The summed E-state index contributed by atoms with van der Waals surface area (Å²) in [6.07, 6.45) is 0.